The van der Waals surface area contributed by atoms with Gasteiger partial charge in [-0.05, 0) is 0 Å². The molecule has 0 saturated carbocycles. The Bertz CT molecular complexity index is 6.00. The molecular weight excluding hydrogens is 46.9 g/mol. The number of hydrogen-bond donors (Lipinski definition) is 0. The average Bonchev–Trinajstić information content (AvgIpc) is 1.00. The van der Waals surface area contributed by atoms with Crippen molar-refractivity contribution < 1.29 is 42.2 Å². The molecule has 1 nitrogen and oxygen atoms in total. The Morgan fingerprint density at radius 3 is 1.00 bits per heavy atom. The Morgan fingerprint density at radius 2 is 1.00 bits per heavy atom. The summed E-state index contributed by atoms with van der Waals surface area (Å²) in [4.78, 5) is 0. The summed E-state index contributed by atoms with van der Waals surface area (Å²) in [6.07, 6.45) is 0. The van der Waals surface area contributed by atoms with Crippen molar-refractivity contribution in [1.82, 2.24) is 0 Å². The normalized spacial score (nSPS) is 1.50. The number of rotatable bonds is 0. The molecule has 0 spiro atoms. The molecule has 0 heterocycles. The van der Waals surface area contributed by atoms with Crippen LogP contribution in [0.25, 0.3) is 5.96 Å². The van der Waals surface area contributed by atoms with Crippen molar-refractivity contribution in [3.8, 4) is 0 Å². The predicted molar refractivity (Wildman–Crippen MR) is 4.47 cm³/mol. The van der Waals surface area contributed by atoms with Crippen LogP contribution in [0.3, 0.4) is 0 Å². The van der Waals surface area contributed by atoms with Gasteiger partial charge in [-0.2, -0.15) is 0 Å². The molecule has 0 aromatic carbocycles. The van der Waals surface area contributed by atoms with Crippen LogP contribution in [0, 0.1) is 0 Å². The molecule has 4 heavy (non-hydrogen) atoms. The quantitative estimate of drug-likeness (QED) is 0.243. The molecule has 4 heteroatoms. The number of nitrogens with zero attached hydrogens (tertiary/aromatic N) is 1. The summed E-state index contributed by atoms with van der Waals surface area (Å²) < 4.78 is 8.50. The Labute approximate surface area is 48.4 Å². The van der Waals surface area contributed by atoms with Crippen LogP contribution in [0.4, 0.5) is 4.48 Å². The van der Waals surface area contributed by atoms with E-state index >= 15 is 0 Å². The van der Waals surface area contributed by atoms with Crippen LogP contribution >= 0.6 is 0 Å². The molecule has 0 fully saturated rings. The molecular formula is FLi2N. The Kier molecular flexibility index (Phi) is 161. The zero-order valence-corrected chi connectivity index (χ0v) is 2.83. The summed E-state index contributed by atoms with van der Waals surface area (Å²) in [5.41, 5.74) is 0. The van der Waals surface area contributed by atoms with Gasteiger partial charge in [-0.15, -0.1) is 0 Å². The second kappa shape index (κ2) is 33.0. The summed E-state index contributed by atoms with van der Waals surface area (Å²) in [6.45, 7) is 0. The minimum atomic E-state index is 0. The maximum atomic E-state index is 8.50. The molecule has 0 rings (SSSR count). The summed E-state index contributed by atoms with van der Waals surface area (Å²) >= 11 is 0. The van der Waals surface area contributed by atoms with E-state index in [1.165, 1.54) is 0 Å². The molecule has 0 unspecified atom stereocenters. The van der Waals surface area contributed by atoms with Gasteiger partial charge in [0, 0.05) is 0 Å². The monoisotopic (exact) mass is 47.0 g/mol. The fourth-order valence-electron chi connectivity index (χ4n) is 0. The maximum absolute atomic E-state index is 8.50. The van der Waals surface area contributed by atoms with Crippen LogP contribution in [-0.4, -0.2) is 0 Å². The molecule has 0 aliphatic rings. The molecule has 0 saturated heterocycles. The summed E-state index contributed by atoms with van der Waals surface area (Å²) in [5, 5.41) is 0. The molecule has 0 radical (unpaired) electrons. The van der Waals surface area contributed by atoms with Gasteiger partial charge in [0.25, 0.3) is 0 Å². The van der Waals surface area contributed by atoms with E-state index in [-0.39, 0.29) is 37.7 Å². The Hall–Kier alpha value is 1.08. The first-order chi connectivity index (χ1) is 1.00. The molecule has 0 atom stereocenters. The minimum Gasteiger partial charge on any atom is -1.38 e. The first-order valence-corrected chi connectivity index (χ1v) is 0.169. The largest absolute Gasteiger partial charge is 1.38 e. The summed E-state index contributed by atoms with van der Waals surface area (Å²) in [7, 11) is 0. The smallest absolute Gasteiger partial charge is 1.00 e. The van der Waals surface area contributed by atoms with Crippen molar-refractivity contribution in [2.75, 3.05) is 0 Å². The molecule has 0 aromatic rings. The molecule has 14 valence electrons. The van der Waals surface area contributed by atoms with E-state index in [0.29, 0.717) is 0 Å². The third-order valence-electron chi connectivity index (χ3n) is 0. The fourth-order valence-corrected chi connectivity index (χ4v) is 0. The van der Waals surface area contributed by atoms with Gasteiger partial charge in [-0.25, -0.2) is 0 Å². The van der Waals surface area contributed by atoms with Gasteiger partial charge in [0.05, 0.1) is 0 Å². The van der Waals surface area contributed by atoms with Crippen LogP contribution in [0.15, 0.2) is 0 Å². The van der Waals surface area contributed by atoms with E-state index < -0.39 is 0 Å². The third-order valence-corrected chi connectivity index (χ3v) is 0. The van der Waals surface area contributed by atoms with Gasteiger partial charge < -0.3 is 10.4 Å². The summed E-state index contributed by atoms with van der Waals surface area (Å²) in [5.74, 6) is 5.50. The van der Waals surface area contributed by atoms with Gasteiger partial charge in [0.2, 0.25) is 0 Å². The van der Waals surface area contributed by atoms with E-state index in [9.17, 15) is 0 Å². The van der Waals surface area contributed by atoms with Crippen LogP contribution < -0.4 is 37.7 Å². The van der Waals surface area contributed by atoms with Crippen molar-refractivity contribution in [1.29, 1.82) is 0 Å². The molecule has 0 aliphatic carbocycles. The van der Waals surface area contributed by atoms with E-state index in [1.54, 1.807) is 0 Å². The van der Waals surface area contributed by atoms with Crippen LogP contribution in [0.5, 0.6) is 0 Å². The first kappa shape index (κ1) is 19.5. The molecule has 0 aliphatic heterocycles. The molecule has 0 bridgehead atoms. The van der Waals surface area contributed by atoms with E-state index in [2.05, 4.69) is 0 Å². The van der Waals surface area contributed by atoms with E-state index in [1.807, 2.05) is 0 Å². The van der Waals surface area contributed by atoms with Crippen molar-refractivity contribution in [2.45, 2.75) is 0 Å². The van der Waals surface area contributed by atoms with Crippen LogP contribution in [-0.2, 0) is 0 Å². The zero-order valence-electron chi connectivity index (χ0n) is 2.83. The Morgan fingerprint density at radius 1 is 1.00 bits per heavy atom. The average molecular weight is 46.9 g/mol. The zero-order chi connectivity index (χ0) is 2.00. The van der Waals surface area contributed by atoms with Gasteiger partial charge in [0.1, 0.15) is 0 Å². The fraction of sp³-hybridized carbons (Fsp3) is 0. The minimum absolute atomic E-state index is 0. The van der Waals surface area contributed by atoms with Gasteiger partial charge in [0.15, 0.2) is 0 Å². The Balaban J connectivity index is -0.00000000500. The van der Waals surface area contributed by atoms with Gasteiger partial charge in [-0.1, -0.05) is 0 Å². The topological polar surface area (TPSA) is 22.3 Å². The predicted octanol–water partition coefficient (Wildman–Crippen LogP) is -5.28. The van der Waals surface area contributed by atoms with Crippen molar-refractivity contribution in [3.05, 3.63) is 5.96 Å². The molecule has 0 amide bonds. The van der Waals surface area contributed by atoms with Crippen molar-refractivity contribution in [3.63, 3.8) is 0 Å². The van der Waals surface area contributed by atoms with Crippen molar-refractivity contribution >= 4 is 0 Å². The van der Waals surface area contributed by atoms with E-state index in [4.69, 9.17) is 10.4 Å². The van der Waals surface area contributed by atoms with Gasteiger partial charge >= 0.3 is 37.7 Å². The molecule has 0 aromatic heterocycles. The standard InChI is InChI=1S/FN.2Li/c1-2;;/q-2;2*+1. The van der Waals surface area contributed by atoms with Gasteiger partial charge in [-0.3, -0.25) is 0 Å². The molecule has 0 N–H and O–H groups in total. The summed E-state index contributed by atoms with van der Waals surface area (Å²) in [6, 6.07) is 0. The van der Waals surface area contributed by atoms with Crippen LogP contribution in [0.2, 0.25) is 0 Å². The van der Waals surface area contributed by atoms with Crippen molar-refractivity contribution in [2.24, 2.45) is 0 Å². The maximum Gasteiger partial charge on any atom is 1.00 e. The number of hydrogen-bond acceptors (Lipinski definition) is 0. The second-order valence-electron chi connectivity index (χ2n) is 0. The SMILES string of the molecule is [Li+].[Li+].[N-2]F. The third kappa shape index (κ3) is 11.4. The number of halogens is 1. The van der Waals surface area contributed by atoms with E-state index in [0.717, 1.165) is 0 Å². The second-order valence-corrected chi connectivity index (χ2v) is 0. The first-order valence-electron chi connectivity index (χ1n) is 0.169. The van der Waals surface area contributed by atoms with Crippen LogP contribution in [0.1, 0.15) is 0 Å².